The summed E-state index contributed by atoms with van der Waals surface area (Å²) in [5.41, 5.74) is 0. The highest BCUT2D eigenvalue weighted by Gasteiger charge is 2.16. The molecule has 5 nitrogen and oxygen atoms in total. The first-order valence-corrected chi connectivity index (χ1v) is 30.3. The molecule has 0 bridgehead atoms. The van der Waals surface area contributed by atoms with E-state index in [1.807, 2.05) is 0 Å². The molecule has 0 spiro atoms. The molecule has 0 radical (unpaired) electrons. The number of ether oxygens (including phenoxy) is 2. The maximum Gasteiger partial charge on any atom is 0.306 e. The van der Waals surface area contributed by atoms with E-state index < -0.39 is 6.10 Å². The number of carbonyl (C=O) groups is 2. The number of rotatable bonds is 56. The maximum atomic E-state index is 12.3. The SMILES string of the molecule is CC/C=C\C/C=C\C/C=C\C/C=C\C/C=C\CCCCCCCC(=O)OC(CO)COC(=O)CCCCCCCCCCCCCCCCCCCCCCCCCCCCCCCCCCCC. The van der Waals surface area contributed by atoms with Gasteiger partial charge in [0.15, 0.2) is 6.10 Å². The lowest BCUT2D eigenvalue weighted by Crippen LogP contribution is -2.28. The summed E-state index contributed by atoms with van der Waals surface area (Å²) >= 11 is 0. The molecule has 0 aromatic heterocycles. The highest BCUT2D eigenvalue weighted by molar-refractivity contribution is 5.70. The normalized spacial score (nSPS) is 12.6. The molecule has 1 atom stereocenters. The summed E-state index contributed by atoms with van der Waals surface area (Å²) in [5.74, 6) is -0.601. The molecular weight excluding hydrogens is 849 g/mol. The molecule has 0 aromatic carbocycles. The Balaban J connectivity index is 3.43. The van der Waals surface area contributed by atoms with Gasteiger partial charge in [0.25, 0.3) is 0 Å². The van der Waals surface area contributed by atoms with Crippen molar-refractivity contribution in [3.63, 3.8) is 0 Å². The quantitative estimate of drug-likeness (QED) is 0.0373. The Bertz CT molecular complexity index is 1180. The molecule has 0 aliphatic heterocycles. The highest BCUT2D eigenvalue weighted by Crippen LogP contribution is 2.18. The van der Waals surface area contributed by atoms with Crippen LogP contribution in [-0.4, -0.2) is 36.4 Å². The largest absolute Gasteiger partial charge is 0.462 e. The third-order valence-corrected chi connectivity index (χ3v) is 13.6. The predicted molar refractivity (Wildman–Crippen MR) is 302 cm³/mol. The number of allylic oxidation sites excluding steroid dienone is 10. The third-order valence-electron chi connectivity index (χ3n) is 13.6. The minimum Gasteiger partial charge on any atom is -0.462 e. The lowest BCUT2D eigenvalue weighted by atomic mass is 10.0. The van der Waals surface area contributed by atoms with Crippen LogP contribution in [0.3, 0.4) is 0 Å². The maximum absolute atomic E-state index is 12.3. The van der Waals surface area contributed by atoms with Crippen molar-refractivity contribution in [2.45, 2.75) is 322 Å². The minimum absolute atomic E-state index is 0.0729. The Labute approximate surface area is 430 Å². The van der Waals surface area contributed by atoms with Crippen LogP contribution >= 0.6 is 0 Å². The van der Waals surface area contributed by atoms with Crippen molar-refractivity contribution < 1.29 is 24.2 Å². The summed E-state index contributed by atoms with van der Waals surface area (Å²) in [6.07, 6.45) is 80.8. The number of unbranched alkanes of at least 4 members (excludes halogenated alkanes) is 38. The molecule has 0 rings (SSSR count). The number of hydrogen-bond acceptors (Lipinski definition) is 5. The van der Waals surface area contributed by atoms with E-state index in [1.54, 1.807) is 0 Å². The second-order valence-corrected chi connectivity index (χ2v) is 20.4. The van der Waals surface area contributed by atoms with E-state index >= 15 is 0 Å². The smallest absolute Gasteiger partial charge is 0.306 e. The van der Waals surface area contributed by atoms with Crippen LogP contribution in [-0.2, 0) is 19.1 Å². The van der Waals surface area contributed by atoms with Crippen LogP contribution in [0.15, 0.2) is 60.8 Å². The van der Waals surface area contributed by atoms with Crippen LogP contribution in [0.25, 0.3) is 0 Å². The van der Waals surface area contributed by atoms with Crippen LogP contribution in [0, 0.1) is 0 Å². The molecule has 0 heterocycles. The van der Waals surface area contributed by atoms with E-state index in [-0.39, 0.29) is 25.2 Å². The van der Waals surface area contributed by atoms with Crippen molar-refractivity contribution in [2.24, 2.45) is 0 Å². The van der Waals surface area contributed by atoms with E-state index in [0.717, 1.165) is 89.9 Å². The van der Waals surface area contributed by atoms with Crippen molar-refractivity contribution in [3.8, 4) is 0 Å². The van der Waals surface area contributed by atoms with Crippen molar-refractivity contribution in [1.29, 1.82) is 0 Å². The molecule has 69 heavy (non-hydrogen) atoms. The van der Waals surface area contributed by atoms with Crippen molar-refractivity contribution in [1.82, 2.24) is 0 Å². The average Bonchev–Trinajstić information content (AvgIpc) is 3.35. The van der Waals surface area contributed by atoms with E-state index in [1.165, 1.54) is 199 Å². The first-order chi connectivity index (χ1) is 34.1. The molecule has 0 aliphatic carbocycles. The monoisotopic (exact) mass is 965 g/mol. The summed E-state index contributed by atoms with van der Waals surface area (Å²) in [7, 11) is 0. The fraction of sp³-hybridized carbons (Fsp3) is 0.812. The van der Waals surface area contributed by atoms with Gasteiger partial charge in [0.1, 0.15) is 6.61 Å². The Kier molecular flexibility index (Phi) is 57.8. The molecule has 1 unspecified atom stereocenters. The van der Waals surface area contributed by atoms with E-state index in [0.29, 0.717) is 12.8 Å². The summed E-state index contributed by atoms with van der Waals surface area (Å²) in [5, 5.41) is 9.65. The van der Waals surface area contributed by atoms with Gasteiger partial charge in [-0.3, -0.25) is 9.59 Å². The molecule has 0 amide bonds. The van der Waals surface area contributed by atoms with Gasteiger partial charge in [-0.1, -0.05) is 306 Å². The molecule has 1 N–H and O–H groups in total. The first kappa shape index (κ1) is 66.6. The number of aliphatic hydroxyl groups excluding tert-OH is 1. The molecular formula is C64H116O5. The van der Waals surface area contributed by atoms with Gasteiger partial charge in [0, 0.05) is 12.8 Å². The van der Waals surface area contributed by atoms with Gasteiger partial charge in [0.2, 0.25) is 0 Å². The van der Waals surface area contributed by atoms with Crippen molar-refractivity contribution in [3.05, 3.63) is 60.8 Å². The standard InChI is InChI=1S/C64H116O5/c1-3-5-7-9-11-13-15-17-19-21-23-25-26-27-28-29-30-31-32-33-34-35-36-37-39-40-42-44-46-48-50-52-54-56-58-63(66)68-61-62(60-65)69-64(67)59-57-55-53-51-49-47-45-43-41-38-24-22-20-18-16-14-12-10-8-6-4-2/h6,8,12,14,18,20,24,38,43,45,62,65H,3-5,7,9-11,13,15-17,19,21-23,25-37,39-42,44,46-61H2,1-2H3/b8-6-,14-12-,20-18-,38-24-,45-43-. The lowest BCUT2D eigenvalue weighted by Gasteiger charge is -2.15. The molecule has 0 saturated carbocycles. The minimum atomic E-state index is -0.784. The fourth-order valence-corrected chi connectivity index (χ4v) is 9.06. The lowest BCUT2D eigenvalue weighted by molar-refractivity contribution is -0.161. The first-order valence-electron chi connectivity index (χ1n) is 30.3. The van der Waals surface area contributed by atoms with E-state index in [4.69, 9.17) is 9.47 Å². The fourth-order valence-electron chi connectivity index (χ4n) is 9.06. The molecule has 0 fully saturated rings. The second-order valence-electron chi connectivity index (χ2n) is 20.4. The summed E-state index contributed by atoms with van der Waals surface area (Å²) < 4.78 is 10.7. The summed E-state index contributed by atoms with van der Waals surface area (Å²) in [6.45, 7) is 4.05. The van der Waals surface area contributed by atoms with E-state index in [2.05, 4.69) is 74.6 Å². The summed E-state index contributed by atoms with van der Waals surface area (Å²) in [4.78, 5) is 24.5. The van der Waals surface area contributed by atoms with Gasteiger partial charge in [0.05, 0.1) is 6.61 Å². The molecule has 0 aromatic rings. The number of carbonyl (C=O) groups excluding carboxylic acids is 2. The van der Waals surface area contributed by atoms with Crippen LogP contribution in [0.1, 0.15) is 316 Å². The zero-order chi connectivity index (χ0) is 49.9. The van der Waals surface area contributed by atoms with Gasteiger partial charge in [-0.15, -0.1) is 0 Å². The Morgan fingerprint density at radius 1 is 0.348 bits per heavy atom. The topological polar surface area (TPSA) is 72.8 Å². The predicted octanol–water partition coefficient (Wildman–Crippen LogP) is 20.6. The zero-order valence-electron chi connectivity index (χ0n) is 46.1. The van der Waals surface area contributed by atoms with Crippen LogP contribution < -0.4 is 0 Å². The second kappa shape index (κ2) is 59.9. The van der Waals surface area contributed by atoms with Gasteiger partial charge < -0.3 is 14.6 Å². The Hall–Kier alpha value is -2.40. The van der Waals surface area contributed by atoms with Crippen LogP contribution in [0.2, 0.25) is 0 Å². The van der Waals surface area contributed by atoms with Gasteiger partial charge >= 0.3 is 11.9 Å². The van der Waals surface area contributed by atoms with Crippen LogP contribution in [0.4, 0.5) is 0 Å². The van der Waals surface area contributed by atoms with Crippen molar-refractivity contribution >= 4 is 11.9 Å². The van der Waals surface area contributed by atoms with Crippen LogP contribution in [0.5, 0.6) is 0 Å². The average molecular weight is 966 g/mol. The Morgan fingerprint density at radius 2 is 0.623 bits per heavy atom. The van der Waals surface area contributed by atoms with Gasteiger partial charge in [-0.2, -0.15) is 0 Å². The molecule has 0 aliphatic rings. The summed E-state index contributed by atoms with van der Waals surface area (Å²) in [6, 6.07) is 0. The van der Waals surface area contributed by atoms with Gasteiger partial charge in [-0.25, -0.2) is 0 Å². The number of esters is 2. The van der Waals surface area contributed by atoms with E-state index in [9.17, 15) is 14.7 Å². The molecule has 0 saturated heterocycles. The third kappa shape index (κ3) is 58.1. The Morgan fingerprint density at radius 3 is 0.942 bits per heavy atom. The molecule has 5 heteroatoms. The number of hydrogen-bond donors (Lipinski definition) is 1. The molecule has 402 valence electrons. The zero-order valence-corrected chi connectivity index (χ0v) is 46.1. The number of aliphatic hydroxyl groups is 1. The highest BCUT2D eigenvalue weighted by atomic mass is 16.6. The van der Waals surface area contributed by atoms with Crippen molar-refractivity contribution in [2.75, 3.05) is 13.2 Å². The van der Waals surface area contributed by atoms with Gasteiger partial charge in [-0.05, 0) is 57.8 Å².